The fraction of sp³-hybridized carbons (Fsp3) is 0.562. The summed E-state index contributed by atoms with van der Waals surface area (Å²) in [6.45, 7) is 3.84. The van der Waals surface area contributed by atoms with Crippen molar-refractivity contribution in [2.75, 3.05) is 13.2 Å². The van der Waals surface area contributed by atoms with Crippen molar-refractivity contribution in [2.45, 2.75) is 38.8 Å². The van der Waals surface area contributed by atoms with Crippen LogP contribution < -0.4 is 0 Å². The van der Waals surface area contributed by atoms with Crippen LogP contribution in [0, 0.1) is 5.92 Å². The summed E-state index contributed by atoms with van der Waals surface area (Å²) in [5, 5.41) is 9.55. The first-order valence-corrected chi connectivity index (χ1v) is 7.34. The average molecular weight is 275 g/mol. The number of ether oxygens (including phenoxy) is 1. The first kappa shape index (κ1) is 13.4. The number of hydrogen-bond donors (Lipinski definition) is 1. The third kappa shape index (κ3) is 2.96. The van der Waals surface area contributed by atoms with Crippen molar-refractivity contribution in [2.24, 2.45) is 5.92 Å². The second-order valence-electron chi connectivity index (χ2n) is 5.88. The van der Waals surface area contributed by atoms with Gasteiger partial charge in [0.15, 0.2) is 0 Å². The van der Waals surface area contributed by atoms with Crippen LogP contribution in [-0.2, 0) is 22.5 Å². The largest absolute Gasteiger partial charge is 0.508 e. The van der Waals surface area contributed by atoms with Gasteiger partial charge in [-0.05, 0) is 55.4 Å². The highest BCUT2D eigenvalue weighted by molar-refractivity contribution is 5.80. The molecule has 3 rings (SSSR count). The number of carbonyl (C=O) groups is 1. The minimum Gasteiger partial charge on any atom is -0.508 e. The van der Waals surface area contributed by atoms with Gasteiger partial charge in [0, 0.05) is 13.1 Å². The predicted molar refractivity (Wildman–Crippen MR) is 75.4 cm³/mol. The lowest BCUT2D eigenvalue weighted by molar-refractivity contribution is -0.143. The van der Waals surface area contributed by atoms with Crippen LogP contribution in [0.25, 0.3) is 0 Å². The molecule has 1 aromatic rings. The van der Waals surface area contributed by atoms with Crippen molar-refractivity contribution >= 4 is 5.91 Å². The van der Waals surface area contributed by atoms with E-state index >= 15 is 0 Å². The topological polar surface area (TPSA) is 49.8 Å². The molecular weight excluding hydrogens is 254 g/mol. The van der Waals surface area contributed by atoms with Crippen molar-refractivity contribution in [3.8, 4) is 5.75 Å². The van der Waals surface area contributed by atoms with Gasteiger partial charge in [-0.25, -0.2) is 0 Å². The summed E-state index contributed by atoms with van der Waals surface area (Å²) in [5.74, 6) is 0.986. The second-order valence-corrected chi connectivity index (χ2v) is 5.88. The Hall–Kier alpha value is -1.55. The van der Waals surface area contributed by atoms with Gasteiger partial charge in [-0.3, -0.25) is 4.79 Å². The van der Waals surface area contributed by atoms with E-state index < -0.39 is 0 Å². The van der Waals surface area contributed by atoms with Crippen molar-refractivity contribution in [1.82, 2.24) is 4.90 Å². The van der Waals surface area contributed by atoms with Crippen LogP contribution >= 0.6 is 0 Å². The van der Waals surface area contributed by atoms with Gasteiger partial charge in [-0.15, -0.1) is 0 Å². The summed E-state index contributed by atoms with van der Waals surface area (Å²) in [7, 11) is 0. The highest BCUT2D eigenvalue weighted by Gasteiger charge is 2.28. The normalized spacial score (nSPS) is 19.6. The number of amides is 1. The smallest absolute Gasteiger partial charge is 0.251 e. The maximum atomic E-state index is 12.4. The standard InChI is InChI=1S/C16H21NO3/c1-11(20-10-12-2-3-12)16(19)17-7-6-13-4-5-15(18)8-14(13)9-17/h4-5,8,11-12,18H,2-3,6-7,9-10H2,1H3/t11-/m1/s1. The zero-order chi connectivity index (χ0) is 14.1. The molecule has 1 heterocycles. The molecule has 0 spiro atoms. The van der Waals surface area contributed by atoms with Crippen LogP contribution in [-0.4, -0.2) is 35.2 Å². The van der Waals surface area contributed by atoms with E-state index in [0.29, 0.717) is 19.1 Å². The fourth-order valence-electron chi connectivity index (χ4n) is 2.62. The molecule has 1 atom stereocenters. The number of rotatable bonds is 4. The predicted octanol–water partition coefficient (Wildman–Crippen LogP) is 2.09. The Morgan fingerprint density at radius 1 is 1.45 bits per heavy atom. The van der Waals surface area contributed by atoms with Crippen LogP contribution in [0.4, 0.5) is 0 Å². The van der Waals surface area contributed by atoms with E-state index in [4.69, 9.17) is 4.74 Å². The molecule has 1 N–H and O–H groups in total. The van der Waals surface area contributed by atoms with Crippen LogP contribution in [0.2, 0.25) is 0 Å². The number of nitrogens with zero attached hydrogens (tertiary/aromatic N) is 1. The molecule has 2 aliphatic rings. The first-order valence-electron chi connectivity index (χ1n) is 7.34. The van der Waals surface area contributed by atoms with Gasteiger partial charge >= 0.3 is 0 Å². The summed E-state index contributed by atoms with van der Waals surface area (Å²) >= 11 is 0. The second kappa shape index (κ2) is 5.44. The van der Waals surface area contributed by atoms with E-state index in [1.807, 2.05) is 17.9 Å². The van der Waals surface area contributed by atoms with Crippen molar-refractivity contribution in [3.63, 3.8) is 0 Å². The monoisotopic (exact) mass is 275 g/mol. The number of phenolic OH excluding ortho intramolecular Hbond substituents is 1. The maximum absolute atomic E-state index is 12.4. The minimum absolute atomic E-state index is 0.0552. The molecule has 0 unspecified atom stereocenters. The first-order chi connectivity index (χ1) is 9.63. The third-order valence-corrected chi connectivity index (χ3v) is 4.14. The summed E-state index contributed by atoms with van der Waals surface area (Å²) in [5.41, 5.74) is 2.26. The van der Waals surface area contributed by atoms with Gasteiger partial charge in [0.05, 0.1) is 6.61 Å². The molecule has 0 bridgehead atoms. The molecule has 108 valence electrons. The highest BCUT2D eigenvalue weighted by Crippen LogP contribution is 2.29. The molecule has 1 aliphatic heterocycles. The Morgan fingerprint density at radius 2 is 2.25 bits per heavy atom. The Morgan fingerprint density at radius 3 is 3.00 bits per heavy atom. The lowest BCUT2D eigenvalue weighted by atomic mass is 9.99. The van der Waals surface area contributed by atoms with Crippen molar-refractivity contribution in [1.29, 1.82) is 0 Å². The fourth-order valence-corrected chi connectivity index (χ4v) is 2.62. The number of benzene rings is 1. The van der Waals surface area contributed by atoms with E-state index in [9.17, 15) is 9.90 Å². The van der Waals surface area contributed by atoms with E-state index in [1.165, 1.54) is 18.4 Å². The number of aromatic hydroxyl groups is 1. The van der Waals surface area contributed by atoms with Crippen molar-refractivity contribution in [3.05, 3.63) is 29.3 Å². The molecular formula is C16H21NO3. The van der Waals surface area contributed by atoms with Gasteiger partial charge in [0.1, 0.15) is 11.9 Å². The molecule has 0 saturated heterocycles. The van der Waals surface area contributed by atoms with Crippen LogP contribution in [0.1, 0.15) is 30.9 Å². The van der Waals surface area contributed by atoms with Gasteiger partial charge in [0.25, 0.3) is 5.91 Å². The zero-order valence-corrected chi connectivity index (χ0v) is 11.8. The Kier molecular flexibility index (Phi) is 3.66. The van der Waals surface area contributed by atoms with E-state index in [0.717, 1.165) is 18.5 Å². The molecule has 0 aromatic heterocycles. The van der Waals surface area contributed by atoms with Gasteiger partial charge in [-0.1, -0.05) is 6.07 Å². The highest BCUT2D eigenvalue weighted by atomic mass is 16.5. The molecule has 1 aliphatic carbocycles. The molecule has 1 aromatic carbocycles. The molecule has 20 heavy (non-hydrogen) atoms. The molecule has 1 saturated carbocycles. The molecule has 1 amide bonds. The van der Waals surface area contributed by atoms with Gasteiger partial charge in [-0.2, -0.15) is 0 Å². The Balaban J connectivity index is 1.61. The number of fused-ring (bicyclic) bond motifs is 1. The lowest BCUT2D eigenvalue weighted by Crippen LogP contribution is -2.42. The molecule has 4 heteroatoms. The van der Waals surface area contributed by atoms with Gasteiger partial charge < -0.3 is 14.7 Å². The SMILES string of the molecule is C[C@@H](OCC1CC1)C(=O)N1CCc2ccc(O)cc2C1. The third-order valence-electron chi connectivity index (χ3n) is 4.14. The molecule has 4 nitrogen and oxygen atoms in total. The number of phenols is 1. The van der Waals surface area contributed by atoms with Crippen LogP contribution in [0.3, 0.4) is 0 Å². The van der Waals surface area contributed by atoms with E-state index in [-0.39, 0.29) is 17.8 Å². The summed E-state index contributed by atoms with van der Waals surface area (Å²) in [6.07, 6.45) is 2.94. The number of carbonyl (C=O) groups excluding carboxylic acids is 1. The summed E-state index contributed by atoms with van der Waals surface area (Å²) < 4.78 is 5.65. The average Bonchev–Trinajstić information content (AvgIpc) is 3.27. The van der Waals surface area contributed by atoms with Crippen LogP contribution in [0.15, 0.2) is 18.2 Å². The van der Waals surface area contributed by atoms with E-state index in [1.54, 1.807) is 12.1 Å². The van der Waals surface area contributed by atoms with Gasteiger partial charge in [0.2, 0.25) is 0 Å². The minimum atomic E-state index is -0.366. The van der Waals surface area contributed by atoms with E-state index in [2.05, 4.69) is 0 Å². The summed E-state index contributed by atoms with van der Waals surface area (Å²) in [6, 6.07) is 5.40. The quantitative estimate of drug-likeness (QED) is 0.915. The Labute approximate surface area is 119 Å². The molecule has 1 fully saturated rings. The van der Waals surface area contributed by atoms with Crippen LogP contribution in [0.5, 0.6) is 5.75 Å². The van der Waals surface area contributed by atoms with Crippen molar-refractivity contribution < 1.29 is 14.6 Å². The zero-order valence-electron chi connectivity index (χ0n) is 11.8. The summed E-state index contributed by atoms with van der Waals surface area (Å²) in [4.78, 5) is 14.2. The molecule has 0 radical (unpaired) electrons. The maximum Gasteiger partial charge on any atom is 0.251 e. The Bertz CT molecular complexity index is 510. The lowest BCUT2D eigenvalue weighted by Gasteiger charge is -2.31. The number of hydrogen-bond acceptors (Lipinski definition) is 3.